The smallest absolute Gasteiger partial charge is 0.350 e. The number of non-ortho nitro benzene ring substituents is 1. The molecule has 1 aliphatic heterocycles. The van der Waals surface area contributed by atoms with Gasteiger partial charge in [0.1, 0.15) is 0 Å². The summed E-state index contributed by atoms with van der Waals surface area (Å²) < 4.78 is 9.79. The van der Waals surface area contributed by atoms with Crippen LogP contribution in [-0.2, 0) is 19.1 Å². The van der Waals surface area contributed by atoms with Gasteiger partial charge in [-0.3, -0.25) is 20.2 Å². The summed E-state index contributed by atoms with van der Waals surface area (Å²) in [5, 5.41) is 24.4. The van der Waals surface area contributed by atoms with Crippen molar-refractivity contribution in [1.29, 1.82) is 0 Å². The molecule has 11 nitrogen and oxygen atoms in total. The second kappa shape index (κ2) is 6.19. The predicted molar refractivity (Wildman–Crippen MR) is 82.5 cm³/mol. The quantitative estimate of drug-likeness (QED) is 0.282. The number of nitrogens with one attached hydrogen (secondary N) is 1. The van der Waals surface area contributed by atoms with Crippen molar-refractivity contribution < 1.29 is 28.9 Å². The summed E-state index contributed by atoms with van der Waals surface area (Å²) in [6.07, 6.45) is 0.926. The second-order valence-electron chi connectivity index (χ2n) is 5.53. The molecule has 0 unspecified atom stereocenters. The van der Waals surface area contributed by atoms with E-state index in [1.54, 1.807) is 0 Å². The van der Waals surface area contributed by atoms with E-state index in [9.17, 15) is 29.8 Å². The van der Waals surface area contributed by atoms with E-state index < -0.39 is 44.5 Å². The molecule has 1 saturated heterocycles. The molecular weight excluding hydrogens is 338 g/mol. The van der Waals surface area contributed by atoms with Crippen LogP contribution in [0.1, 0.15) is 19.4 Å². The van der Waals surface area contributed by atoms with Gasteiger partial charge in [0.15, 0.2) is 5.57 Å². The molecule has 1 heterocycles. The van der Waals surface area contributed by atoms with E-state index in [-0.39, 0.29) is 11.3 Å². The zero-order valence-corrected chi connectivity index (χ0v) is 13.4. The Labute approximate surface area is 140 Å². The highest BCUT2D eigenvalue weighted by Crippen LogP contribution is 2.32. The van der Waals surface area contributed by atoms with Gasteiger partial charge in [-0.1, -0.05) is 0 Å². The molecule has 1 aromatic carbocycles. The summed E-state index contributed by atoms with van der Waals surface area (Å²) in [7, 11) is 0. The Bertz CT molecular complexity index is 806. The van der Waals surface area contributed by atoms with Crippen LogP contribution in [0, 0.1) is 27.2 Å². The number of hydrogen-bond acceptors (Lipinski definition) is 9. The van der Waals surface area contributed by atoms with Crippen LogP contribution in [0.15, 0.2) is 23.9 Å². The van der Waals surface area contributed by atoms with Crippen molar-refractivity contribution in [2.24, 2.45) is 0 Å². The first-order valence-electron chi connectivity index (χ1n) is 6.88. The standard InChI is InChI=1S/C14H13N3O8/c1-7-10(4-8(16(20)21)5-11(7)17(22)23)15-6-9-12(18)24-14(2,3)25-13(9)19/h4-6,15H,1-3H3. The predicted octanol–water partition coefficient (Wildman–Crippen LogP) is 1.94. The number of anilines is 1. The number of benzene rings is 1. The highest BCUT2D eigenvalue weighted by atomic mass is 16.7. The SMILES string of the molecule is Cc1c(NC=C2C(=O)OC(C)(C)OC2=O)cc([N+](=O)[O-])cc1[N+](=O)[O-]. The third kappa shape index (κ3) is 3.71. The van der Waals surface area contributed by atoms with Crippen LogP contribution < -0.4 is 5.32 Å². The molecule has 25 heavy (non-hydrogen) atoms. The zero-order chi connectivity index (χ0) is 18.9. The third-order valence-corrected chi connectivity index (χ3v) is 3.26. The lowest BCUT2D eigenvalue weighted by atomic mass is 10.1. The highest BCUT2D eigenvalue weighted by Gasteiger charge is 2.39. The Kier molecular flexibility index (Phi) is 4.42. The average Bonchev–Trinajstić information content (AvgIpc) is 2.45. The lowest BCUT2D eigenvalue weighted by molar-refractivity contribution is -0.394. The molecule has 1 N–H and O–H groups in total. The fraction of sp³-hybridized carbons (Fsp3) is 0.286. The Morgan fingerprint density at radius 2 is 1.64 bits per heavy atom. The van der Waals surface area contributed by atoms with E-state index in [2.05, 4.69) is 5.32 Å². The van der Waals surface area contributed by atoms with E-state index in [1.165, 1.54) is 20.8 Å². The maximum atomic E-state index is 11.8. The molecule has 11 heteroatoms. The van der Waals surface area contributed by atoms with Gasteiger partial charge < -0.3 is 14.8 Å². The van der Waals surface area contributed by atoms with Crippen LogP contribution in [0.5, 0.6) is 0 Å². The van der Waals surface area contributed by atoms with Gasteiger partial charge in [-0.2, -0.15) is 0 Å². The number of nitrogens with zero attached hydrogens (tertiary/aromatic N) is 2. The molecule has 0 aromatic heterocycles. The number of nitro benzene ring substituents is 2. The number of carbonyl (C=O) groups is 2. The van der Waals surface area contributed by atoms with Crippen molar-refractivity contribution in [2.45, 2.75) is 26.6 Å². The molecule has 0 saturated carbocycles. The minimum atomic E-state index is -1.41. The van der Waals surface area contributed by atoms with Gasteiger partial charge in [-0.05, 0) is 6.92 Å². The third-order valence-electron chi connectivity index (χ3n) is 3.26. The maximum Gasteiger partial charge on any atom is 0.350 e. The minimum Gasteiger partial charge on any atom is -0.419 e. The van der Waals surface area contributed by atoms with Crippen molar-refractivity contribution in [1.82, 2.24) is 0 Å². The van der Waals surface area contributed by atoms with Crippen molar-refractivity contribution in [3.05, 3.63) is 49.7 Å². The highest BCUT2D eigenvalue weighted by molar-refractivity contribution is 6.15. The first-order valence-corrected chi connectivity index (χ1v) is 6.88. The number of nitro groups is 2. The number of hydrogen-bond donors (Lipinski definition) is 1. The normalized spacial score (nSPS) is 15.9. The topological polar surface area (TPSA) is 151 Å². The molecule has 0 bridgehead atoms. The van der Waals surface area contributed by atoms with Crippen LogP contribution in [-0.4, -0.2) is 27.6 Å². The van der Waals surface area contributed by atoms with E-state index in [1.807, 2.05) is 0 Å². The average molecular weight is 351 g/mol. The molecule has 0 radical (unpaired) electrons. The van der Waals surface area contributed by atoms with Crippen molar-refractivity contribution in [3.63, 3.8) is 0 Å². The van der Waals surface area contributed by atoms with Gasteiger partial charge in [0.25, 0.3) is 17.2 Å². The van der Waals surface area contributed by atoms with Gasteiger partial charge in [0.05, 0.1) is 27.2 Å². The van der Waals surface area contributed by atoms with Gasteiger partial charge in [0, 0.05) is 26.1 Å². The lowest BCUT2D eigenvalue weighted by Gasteiger charge is -2.29. The van der Waals surface area contributed by atoms with E-state index in [0.717, 1.165) is 18.3 Å². The van der Waals surface area contributed by atoms with Gasteiger partial charge in [-0.25, -0.2) is 9.59 Å². The first kappa shape index (κ1) is 17.8. The summed E-state index contributed by atoms with van der Waals surface area (Å²) in [5.74, 6) is -3.32. The monoisotopic (exact) mass is 351 g/mol. The van der Waals surface area contributed by atoms with Gasteiger partial charge in [0.2, 0.25) is 0 Å². The zero-order valence-electron chi connectivity index (χ0n) is 13.4. The van der Waals surface area contributed by atoms with E-state index in [4.69, 9.17) is 9.47 Å². The number of rotatable bonds is 4. The fourth-order valence-electron chi connectivity index (χ4n) is 2.06. The van der Waals surface area contributed by atoms with Crippen LogP contribution in [0.4, 0.5) is 17.1 Å². The minimum absolute atomic E-state index is 0.0150. The molecule has 0 spiro atoms. The fourth-order valence-corrected chi connectivity index (χ4v) is 2.06. The molecule has 0 amide bonds. The van der Waals surface area contributed by atoms with Crippen molar-refractivity contribution in [3.8, 4) is 0 Å². The number of esters is 2. The molecule has 1 fully saturated rings. The van der Waals surface area contributed by atoms with Gasteiger partial charge in [-0.15, -0.1) is 0 Å². The van der Waals surface area contributed by atoms with Gasteiger partial charge >= 0.3 is 11.9 Å². The first-order chi connectivity index (χ1) is 11.5. The summed E-state index contributed by atoms with van der Waals surface area (Å²) in [4.78, 5) is 44.0. The molecule has 1 aliphatic rings. The molecule has 0 aliphatic carbocycles. The summed E-state index contributed by atoms with van der Waals surface area (Å²) in [6, 6.07) is 1.86. The molecule has 0 atom stereocenters. The maximum absolute atomic E-state index is 11.8. The van der Waals surface area contributed by atoms with Crippen LogP contribution in [0.3, 0.4) is 0 Å². The molecule has 1 aromatic rings. The Morgan fingerprint density at radius 1 is 1.08 bits per heavy atom. The van der Waals surface area contributed by atoms with Crippen LogP contribution >= 0.6 is 0 Å². The Balaban J connectivity index is 2.40. The molecule has 132 valence electrons. The lowest BCUT2D eigenvalue weighted by Crippen LogP contribution is -2.42. The van der Waals surface area contributed by atoms with Crippen molar-refractivity contribution >= 4 is 29.0 Å². The Morgan fingerprint density at radius 3 is 2.12 bits per heavy atom. The molecular formula is C14H13N3O8. The summed E-state index contributed by atoms with van der Waals surface area (Å²) in [6.45, 7) is 4.12. The number of cyclic esters (lactones) is 2. The molecule has 2 rings (SSSR count). The van der Waals surface area contributed by atoms with Crippen LogP contribution in [0.2, 0.25) is 0 Å². The second-order valence-corrected chi connectivity index (χ2v) is 5.53. The summed E-state index contributed by atoms with van der Waals surface area (Å²) in [5.41, 5.74) is -1.41. The van der Waals surface area contributed by atoms with E-state index >= 15 is 0 Å². The van der Waals surface area contributed by atoms with E-state index in [0.29, 0.717) is 0 Å². The number of carbonyl (C=O) groups excluding carboxylic acids is 2. The van der Waals surface area contributed by atoms with Crippen molar-refractivity contribution in [2.75, 3.05) is 5.32 Å². The summed E-state index contributed by atoms with van der Waals surface area (Å²) >= 11 is 0. The number of ether oxygens (including phenoxy) is 2. The largest absolute Gasteiger partial charge is 0.419 e. The Hall–Kier alpha value is -3.50. The van der Waals surface area contributed by atoms with Crippen LogP contribution in [0.25, 0.3) is 0 Å².